The molecule has 0 aliphatic carbocycles. The van der Waals surface area contributed by atoms with Crippen molar-refractivity contribution in [3.63, 3.8) is 0 Å². The fraction of sp³-hybridized carbons (Fsp3) is 0.467. The van der Waals surface area contributed by atoms with E-state index in [2.05, 4.69) is 21.2 Å². The van der Waals surface area contributed by atoms with Gasteiger partial charge >= 0.3 is 5.97 Å². The maximum absolute atomic E-state index is 11.7. The topological polar surface area (TPSA) is 69.6 Å². The summed E-state index contributed by atoms with van der Waals surface area (Å²) in [6.45, 7) is 2.77. The molecule has 2 unspecified atom stereocenters. The van der Waals surface area contributed by atoms with Gasteiger partial charge in [-0.2, -0.15) is 0 Å². The lowest BCUT2D eigenvalue weighted by Crippen LogP contribution is -2.49. The maximum Gasteiger partial charge on any atom is 0.325 e. The predicted octanol–water partition coefficient (Wildman–Crippen LogP) is 2.18. The number of hydrogen-bond donors (Lipinski definition) is 2. The Morgan fingerprint density at radius 2 is 2.24 bits per heavy atom. The minimum atomic E-state index is -0.864. The first kappa shape index (κ1) is 16.0. The van der Waals surface area contributed by atoms with Crippen molar-refractivity contribution in [2.45, 2.75) is 31.8 Å². The van der Waals surface area contributed by atoms with E-state index in [1.165, 1.54) is 6.92 Å². The zero-order valence-electron chi connectivity index (χ0n) is 11.9. The zero-order chi connectivity index (χ0) is 15.4. The molecular weight excluding hydrogens is 336 g/mol. The van der Waals surface area contributed by atoms with E-state index in [0.29, 0.717) is 6.54 Å². The molecule has 1 aliphatic rings. The molecule has 1 saturated heterocycles. The highest BCUT2D eigenvalue weighted by atomic mass is 79.9. The number of rotatable bonds is 4. The monoisotopic (exact) mass is 354 g/mol. The molecule has 1 amide bonds. The lowest BCUT2D eigenvalue weighted by molar-refractivity contribution is -0.144. The number of aliphatic carboxylic acids is 1. The molecule has 1 aliphatic heterocycles. The van der Waals surface area contributed by atoms with Crippen molar-refractivity contribution >= 4 is 27.8 Å². The summed E-state index contributed by atoms with van der Waals surface area (Å²) in [4.78, 5) is 24.8. The Morgan fingerprint density at radius 3 is 2.86 bits per heavy atom. The van der Waals surface area contributed by atoms with Crippen molar-refractivity contribution < 1.29 is 14.7 Å². The molecule has 1 fully saturated rings. The van der Waals surface area contributed by atoms with Crippen LogP contribution in [0.25, 0.3) is 0 Å². The second-order valence-electron chi connectivity index (χ2n) is 5.33. The summed E-state index contributed by atoms with van der Waals surface area (Å²) in [6, 6.07) is 6.71. The van der Waals surface area contributed by atoms with Gasteiger partial charge in [-0.3, -0.25) is 14.5 Å². The summed E-state index contributed by atoms with van der Waals surface area (Å²) in [7, 11) is 0. The average Bonchev–Trinajstić information content (AvgIpc) is 2.38. The summed E-state index contributed by atoms with van der Waals surface area (Å²) >= 11 is 3.38. The van der Waals surface area contributed by atoms with Crippen molar-refractivity contribution in [3.8, 4) is 0 Å². The van der Waals surface area contributed by atoms with E-state index >= 15 is 0 Å². The third-order valence-electron chi connectivity index (χ3n) is 3.62. The van der Waals surface area contributed by atoms with Gasteiger partial charge in [0.2, 0.25) is 5.91 Å². The first-order valence-electron chi connectivity index (χ1n) is 6.97. The van der Waals surface area contributed by atoms with E-state index in [1.54, 1.807) is 0 Å². The molecule has 0 spiro atoms. The van der Waals surface area contributed by atoms with E-state index in [1.807, 2.05) is 29.2 Å². The van der Waals surface area contributed by atoms with Crippen LogP contribution in [-0.2, 0) is 9.59 Å². The fourth-order valence-electron chi connectivity index (χ4n) is 2.83. The molecule has 6 heteroatoms. The van der Waals surface area contributed by atoms with Gasteiger partial charge < -0.3 is 10.4 Å². The minimum Gasteiger partial charge on any atom is -0.480 e. The van der Waals surface area contributed by atoms with Crippen LogP contribution in [0.1, 0.15) is 31.4 Å². The Kier molecular flexibility index (Phi) is 5.36. The molecule has 0 bridgehead atoms. The number of carboxylic acids is 1. The molecule has 2 rings (SSSR count). The van der Waals surface area contributed by atoms with Crippen molar-refractivity contribution in [2.75, 3.05) is 13.1 Å². The number of likely N-dealkylation sites (tertiary alicyclic amines) is 1. The molecule has 2 N–H and O–H groups in total. The number of halogens is 1. The van der Waals surface area contributed by atoms with Gasteiger partial charge in [0.15, 0.2) is 0 Å². The Hall–Kier alpha value is -1.40. The van der Waals surface area contributed by atoms with Crippen LogP contribution in [0, 0.1) is 0 Å². The van der Waals surface area contributed by atoms with Crippen LogP contribution in [0.4, 0.5) is 0 Å². The summed E-state index contributed by atoms with van der Waals surface area (Å²) in [5.74, 6) is -0.937. The van der Waals surface area contributed by atoms with Crippen LogP contribution in [0.3, 0.4) is 0 Å². The van der Waals surface area contributed by atoms with Crippen molar-refractivity contribution in [1.82, 2.24) is 10.2 Å². The van der Waals surface area contributed by atoms with Gasteiger partial charge in [-0.25, -0.2) is 0 Å². The van der Waals surface area contributed by atoms with Gasteiger partial charge in [-0.1, -0.05) is 28.1 Å². The Bertz CT molecular complexity index is 535. The fourth-order valence-corrected chi connectivity index (χ4v) is 3.25. The highest BCUT2D eigenvalue weighted by molar-refractivity contribution is 9.10. The normalized spacial score (nSPS) is 20.8. The van der Waals surface area contributed by atoms with Crippen LogP contribution in [-0.4, -0.2) is 41.0 Å². The van der Waals surface area contributed by atoms with Crippen molar-refractivity contribution in [2.24, 2.45) is 0 Å². The van der Waals surface area contributed by atoms with Gasteiger partial charge in [0.05, 0.1) is 0 Å². The van der Waals surface area contributed by atoms with Crippen molar-refractivity contribution in [1.29, 1.82) is 0 Å². The molecule has 1 heterocycles. The Balaban J connectivity index is 2.18. The molecule has 21 heavy (non-hydrogen) atoms. The quantitative estimate of drug-likeness (QED) is 0.869. The second kappa shape index (κ2) is 7.04. The van der Waals surface area contributed by atoms with Gasteiger partial charge in [-0.05, 0) is 37.1 Å². The van der Waals surface area contributed by atoms with Crippen LogP contribution in [0.5, 0.6) is 0 Å². The number of carboxylic acid groups (broad SMARTS) is 1. The molecule has 0 aromatic heterocycles. The highest BCUT2D eigenvalue weighted by Crippen LogP contribution is 2.27. The summed E-state index contributed by atoms with van der Waals surface area (Å²) in [5.41, 5.74) is 0.750. The van der Waals surface area contributed by atoms with Gasteiger partial charge in [0.1, 0.15) is 6.04 Å². The molecule has 114 valence electrons. The molecule has 5 nitrogen and oxygen atoms in total. The highest BCUT2D eigenvalue weighted by Gasteiger charge is 2.31. The first-order chi connectivity index (χ1) is 9.97. The van der Waals surface area contributed by atoms with Crippen LogP contribution in [0.2, 0.25) is 0 Å². The van der Waals surface area contributed by atoms with Crippen LogP contribution < -0.4 is 5.32 Å². The Morgan fingerprint density at radius 1 is 1.48 bits per heavy atom. The molecule has 1 aromatic carbocycles. The third kappa shape index (κ3) is 4.28. The maximum atomic E-state index is 11.7. The molecule has 0 saturated carbocycles. The minimum absolute atomic E-state index is 0.0188. The molecular formula is C15H19BrN2O3. The van der Waals surface area contributed by atoms with E-state index in [-0.39, 0.29) is 11.9 Å². The van der Waals surface area contributed by atoms with E-state index in [9.17, 15) is 14.7 Å². The van der Waals surface area contributed by atoms with Gasteiger partial charge in [0, 0.05) is 24.0 Å². The van der Waals surface area contributed by atoms with Gasteiger partial charge in [0.25, 0.3) is 0 Å². The number of amides is 1. The van der Waals surface area contributed by atoms with Crippen LogP contribution >= 0.6 is 15.9 Å². The smallest absolute Gasteiger partial charge is 0.325 e. The number of hydrogen-bond acceptors (Lipinski definition) is 3. The van der Waals surface area contributed by atoms with Crippen molar-refractivity contribution in [3.05, 3.63) is 34.3 Å². The predicted molar refractivity (Wildman–Crippen MR) is 82.9 cm³/mol. The molecule has 2 atom stereocenters. The summed E-state index contributed by atoms with van der Waals surface area (Å²) < 4.78 is 0.863. The number of carbonyl (C=O) groups is 2. The van der Waals surface area contributed by atoms with E-state index in [0.717, 1.165) is 29.4 Å². The number of nitrogens with zero attached hydrogens (tertiary/aromatic N) is 1. The SMILES string of the molecule is CC(=O)NC1CCCN(C(C(=O)O)c2cccc(Br)c2)C1. The largest absolute Gasteiger partial charge is 0.480 e. The van der Waals surface area contributed by atoms with E-state index < -0.39 is 12.0 Å². The zero-order valence-corrected chi connectivity index (χ0v) is 13.5. The number of nitrogens with one attached hydrogen (secondary N) is 1. The summed E-state index contributed by atoms with van der Waals surface area (Å²) in [5, 5.41) is 12.5. The van der Waals surface area contributed by atoms with Crippen LogP contribution in [0.15, 0.2) is 28.7 Å². The number of carbonyl (C=O) groups excluding carboxylic acids is 1. The average molecular weight is 355 g/mol. The number of piperidine rings is 1. The standard InChI is InChI=1S/C15H19BrN2O3/c1-10(19)17-13-6-3-7-18(9-13)14(15(20)21)11-4-2-5-12(16)8-11/h2,4-5,8,13-14H,3,6-7,9H2,1H3,(H,17,19)(H,20,21). The lowest BCUT2D eigenvalue weighted by atomic mass is 9.99. The lowest BCUT2D eigenvalue weighted by Gasteiger charge is -2.36. The second-order valence-corrected chi connectivity index (χ2v) is 6.25. The first-order valence-corrected chi connectivity index (χ1v) is 7.76. The Labute approximate surface area is 132 Å². The number of benzene rings is 1. The molecule has 0 radical (unpaired) electrons. The third-order valence-corrected chi connectivity index (χ3v) is 4.12. The summed E-state index contributed by atoms with van der Waals surface area (Å²) in [6.07, 6.45) is 1.77. The molecule has 1 aromatic rings. The van der Waals surface area contributed by atoms with Gasteiger partial charge in [-0.15, -0.1) is 0 Å². The van der Waals surface area contributed by atoms with E-state index in [4.69, 9.17) is 0 Å².